The second-order valence-electron chi connectivity index (χ2n) is 6.43. The number of aryl methyl sites for hydroxylation is 1. The first kappa shape index (κ1) is 20.5. The lowest BCUT2D eigenvalue weighted by Gasteiger charge is -2.09. The fourth-order valence-corrected chi connectivity index (χ4v) is 3.79. The Labute approximate surface area is 173 Å². The Morgan fingerprint density at radius 1 is 1.21 bits per heavy atom. The fourth-order valence-electron chi connectivity index (χ4n) is 2.85. The average molecular weight is 407 g/mol. The first-order chi connectivity index (χ1) is 14.1. The topological polar surface area (TPSA) is 90.4 Å². The van der Waals surface area contributed by atoms with E-state index in [4.69, 9.17) is 5.26 Å². The highest BCUT2D eigenvalue weighted by atomic mass is 32.1. The van der Waals surface area contributed by atoms with E-state index < -0.39 is 0 Å². The molecule has 1 heterocycles. The molecule has 3 rings (SSSR count). The molecule has 0 aliphatic carbocycles. The monoisotopic (exact) mass is 406 g/mol. The Morgan fingerprint density at radius 2 is 1.93 bits per heavy atom. The summed E-state index contributed by atoms with van der Waals surface area (Å²) in [4.78, 5) is 17.8. The van der Waals surface area contributed by atoms with Crippen LogP contribution in [0.25, 0.3) is 0 Å². The molecule has 29 heavy (non-hydrogen) atoms. The summed E-state index contributed by atoms with van der Waals surface area (Å²) >= 11 is 1.41. The van der Waals surface area contributed by atoms with E-state index >= 15 is 0 Å². The summed E-state index contributed by atoms with van der Waals surface area (Å²) < 4.78 is 1.85. The second kappa shape index (κ2) is 9.82. The van der Waals surface area contributed by atoms with E-state index in [0.717, 1.165) is 17.8 Å². The molecule has 6 nitrogen and oxygen atoms in total. The first-order valence-electron chi connectivity index (χ1n) is 9.34. The van der Waals surface area contributed by atoms with Gasteiger partial charge in [-0.05, 0) is 48.4 Å². The number of hydrogen-bond donors (Lipinski definition) is 2. The highest BCUT2D eigenvalue weighted by Crippen LogP contribution is 2.14. The van der Waals surface area contributed by atoms with E-state index in [9.17, 15) is 9.90 Å². The molecule has 0 bridgehead atoms. The highest BCUT2D eigenvalue weighted by Gasteiger charge is 2.11. The average Bonchev–Trinajstić information content (AvgIpc) is 3.10. The minimum atomic E-state index is -0.122. The van der Waals surface area contributed by atoms with E-state index in [1.165, 1.54) is 16.9 Å². The smallest absolute Gasteiger partial charge is 0.230 e. The van der Waals surface area contributed by atoms with Crippen LogP contribution in [0.1, 0.15) is 23.7 Å². The molecule has 0 unspecified atom stereocenters. The number of rotatable bonds is 7. The Kier molecular flexibility index (Phi) is 6.95. The summed E-state index contributed by atoms with van der Waals surface area (Å²) in [7, 11) is 0. The van der Waals surface area contributed by atoms with Crippen molar-refractivity contribution in [3.63, 3.8) is 0 Å². The van der Waals surface area contributed by atoms with E-state index in [0.29, 0.717) is 22.6 Å². The highest BCUT2D eigenvalue weighted by molar-refractivity contribution is 7.07. The lowest BCUT2D eigenvalue weighted by molar-refractivity contribution is -0.115. The molecule has 0 radical (unpaired) electrons. The van der Waals surface area contributed by atoms with Gasteiger partial charge < -0.3 is 15.0 Å². The zero-order chi connectivity index (χ0) is 20.6. The van der Waals surface area contributed by atoms with Crippen LogP contribution in [0.3, 0.4) is 0 Å². The van der Waals surface area contributed by atoms with Crippen molar-refractivity contribution in [2.24, 2.45) is 4.99 Å². The summed E-state index contributed by atoms with van der Waals surface area (Å²) in [5.41, 5.74) is 4.06. The van der Waals surface area contributed by atoms with Gasteiger partial charge in [-0.2, -0.15) is 5.26 Å². The van der Waals surface area contributed by atoms with Crippen molar-refractivity contribution >= 4 is 28.6 Å². The maximum absolute atomic E-state index is 12.5. The van der Waals surface area contributed by atoms with Gasteiger partial charge >= 0.3 is 0 Å². The molecule has 0 atom stereocenters. The van der Waals surface area contributed by atoms with Gasteiger partial charge in [0, 0.05) is 23.3 Å². The van der Waals surface area contributed by atoms with Gasteiger partial charge in [0.1, 0.15) is 0 Å². The van der Waals surface area contributed by atoms with E-state index in [1.807, 2.05) is 34.2 Å². The molecule has 0 spiro atoms. The standard InChI is InChI=1S/C22H22N4O2S/c1-2-16-3-7-18(8-4-16)24-21(28)13-20-15-29-22(26(20)11-12-27)25-19-9-5-17(14-23)6-10-19/h3-10,15,27H,2,11-13H2,1H3,(H,24,28). The maximum atomic E-state index is 12.5. The van der Waals surface area contributed by atoms with E-state index in [-0.39, 0.29) is 18.9 Å². The number of nitriles is 1. The van der Waals surface area contributed by atoms with Gasteiger partial charge in [-0.3, -0.25) is 4.79 Å². The third kappa shape index (κ3) is 5.41. The van der Waals surface area contributed by atoms with Crippen LogP contribution in [0.5, 0.6) is 0 Å². The zero-order valence-corrected chi connectivity index (χ0v) is 16.9. The van der Waals surface area contributed by atoms with Crippen LogP contribution in [0.15, 0.2) is 58.9 Å². The molecule has 3 aromatic rings. The molecule has 148 valence electrons. The number of aromatic nitrogens is 1. The van der Waals surface area contributed by atoms with Gasteiger partial charge in [0.2, 0.25) is 5.91 Å². The molecular weight excluding hydrogens is 384 g/mol. The van der Waals surface area contributed by atoms with Gasteiger partial charge in [-0.25, -0.2) is 4.99 Å². The van der Waals surface area contributed by atoms with Crippen LogP contribution in [-0.4, -0.2) is 22.2 Å². The number of benzene rings is 2. The second-order valence-corrected chi connectivity index (χ2v) is 7.27. The molecule has 1 aromatic heterocycles. The van der Waals surface area contributed by atoms with Gasteiger partial charge in [0.25, 0.3) is 0 Å². The minimum absolute atomic E-state index is 0.0512. The van der Waals surface area contributed by atoms with Gasteiger partial charge in [0.15, 0.2) is 4.80 Å². The molecule has 1 amide bonds. The number of thiazole rings is 1. The zero-order valence-electron chi connectivity index (χ0n) is 16.1. The number of nitrogens with one attached hydrogen (secondary N) is 1. The Morgan fingerprint density at radius 3 is 2.55 bits per heavy atom. The Balaban J connectivity index is 1.79. The molecule has 7 heteroatoms. The third-order valence-corrected chi connectivity index (χ3v) is 5.32. The number of aliphatic hydroxyl groups is 1. The first-order valence-corrected chi connectivity index (χ1v) is 10.2. The molecule has 0 saturated heterocycles. The predicted molar refractivity (Wildman–Crippen MR) is 114 cm³/mol. The van der Waals surface area contributed by atoms with Crippen molar-refractivity contribution in [2.75, 3.05) is 11.9 Å². The van der Waals surface area contributed by atoms with Crippen molar-refractivity contribution in [3.05, 3.63) is 75.5 Å². The summed E-state index contributed by atoms with van der Waals surface area (Å²) in [5.74, 6) is -0.122. The molecule has 0 fully saturated rings. The quantitative estimate of drug-likeness (QED) is 0.630. The predicted octanol–water partition coefficient (Wildman–Crippen LogP) is 3.39. The number of carbonyl (C=O) groups is 1. The molecule has 2 N–H and O–H groups in total. The molecule has 2 aromatic carbocycles. The fraction of sp³-hybridized carbons (Fsp3) is 0.227. The van der Waals surface area contributed by atoms with Gasteiger partial charge in [0.05, 0.1) is 30.3 Å². The van der Waals surface area contributed by atoms with Crippen molar-refractivity contribution in [1.29, 1.82) is 5.26 Å². The number of amides is 1. The number of aliphatic hydroxyl groups excluding tert-OH is 1. The lowest BCUT2D eigenvalue weighted by atomic mass is 10.1. The Hall–Kier alpha value is -3.21. The number of hydrogen-bond acceptors (Lipinski definition) is 5. The van der Waals surface area contributed by atoms with Gasteiger partial charge in [-0.1, -0.05) is 19.1 Å². The van der Waals surface area contributed by atoms with Crippen molar-refractivity contribution in [2.45, 2.75) is 26.3 Å². The molecular formula is C22H22N4O2S. The summed E-state index contributed by atoms with van der Waals surface area (Å²) in [6.07, 6.45) is 1.14. The molecule has 0 aliphatic rings. The SMILES string of the molecule is CCc1ccc(NC(=O)Cc2csc(=Nc3ccc(C#N)cc3)n2CCO)cc1. The maximum Gasteiger partial charge on any atom is 0.230 e. The third-order valence-electron chi connectivity index (χ3n) is 4.41. The molecule has 0 aliphatic heterocycles. The minimum Gasteiger partial charge on any atom is -0.395 e. The van der Waals surface area contributed by atoms with Crippen LogP contribution in [0.2, 0.25) is 0 Å². The Bertz CT molecular complexity index is 1070. The number of anilines is 1. The number of carbonyl (C=O) groups excluding carboxylic acids is 1. The van der Waals surface area contributed by atoms with E-state index in [1.54, 1.807) is 24.3 Å². The van der Waals surface area contributed by atoms with Crippen LogP contribution in [-0.2, 0) is 24.2 Å². The van der Waals surface area contributed by atoms with Crippen LogP contribution in [0, 0.1) is 11.3 Å². The van der Waals surface area contributed by atoms with Crippen LogP contribution < -0.4 is 10.1 Å². The van der Waals surface area contributed by atoms with Crippen LogP contribution in [0.4, 0.5) is 11.4 Å². The summed E-state index contributed by atoms with van der Waals surface area (Å²) in [6, 6.07) is 16.8. The largest absolute Gasteiger partial charge is 0.395 e. The summed E-state index contributed by atoms with van der Waals surface area (Å²) in [6.45, 7) is 2.39. The van der Waals surface area contributed by atoms with Crippen LogP contribution >= 0.6 is 11.3 Å². The van der Waals surface area contributed by atoms with Crippen molar-refractivity contribution < 1.29 is 9.90 Å². The normalized spacial score (nSPS) is 11.3. The van der Waals surface area contributed by atoms with Crippen molar-refractivity contribution in [1.82, 2.24) is 4.57 Å². The summed E-state index contributed by atoms with van der Waals surface area (Å²) in [5, 5.41) is 23.1. The lowest BCUT2D eigenvalue weighted by Crippen LogP contribution is -2.23. The van der Waals surface area contributed by atoms with Gasteiger partial charge in [-0.15, -0.1) is 11.3 Å². The number of nitrogens with zero attached hydrogens (tertiary/aromatic N) is 3. The van der Waals surface area contributed by atoms with Crippen molar-refractivity contribution in [3.8, 4) is 6.07 Å². The van der Waals surface area contributed by atoms with E-state index in [2.05, 4.69) is 23.3 Å². The molecule has 0 saturated carbocycles.